The maximum Gasteiger partial charge on any atom is 0.272 e. The second kappa shape index (κ2) is 2.21. The van der Waals surface area contributed by atoms with Crippen LogP contribution >= 0.6 is 0 Å². The van der Waals surface area contributed by atoms with E-state index < -0.39 is 0 Å². The predicted octanol–water partition coefficient (Wildman–Crippen LogP) is -2.06. The van der Waals surface area contributed by atoms with E-state index in [0.717, 1.165) is 0 Å². The minimum absolute atomic E-state index is 0.268. The van der Waals surface area contributed by atoms with Crippen molar-refractivity contribution in [1.82, 2.24) is 10.2 Å². The molecule has 1 aromatic heterocycles. The first-order valence-electron chi connectivity index (χ1n) is 2.45. The Morgan fingerprint density at radius 3 is 2.67 bits per heavy atom. The Hall–Kier alpha value is -1.45. The van der Waals surface area contributed by atoms with Crippen molar-refractivity contribution >= 4 is 5.84 Å². The van der Waals surface area contributed by atoms with Gasteiger partial charge in [-0.05, 0) is 6.07 Å². The van der Waals surface area contributed by atoms with E-state index in [9.17, 15) is 0 Å². The van der Waals surface area contributed by atoms with Crippen LogP contribution in [0.3, 0.4) is 0 Å². The van der Waals surface area contributed by atoms with E-state index in [4.69, 9.17) is 11.1 Å². The molecule has 0 amide bonds. The molecular weight excluding hydrogens is 116 g/mol. The average Bonchev–Trinajstić information content (AvgIpc) is 1.90. The maximum absolute atomic E-state index is 5.24. The lowest BCUT2D eigenvalue weighted by Crippen LogP contribution is -2.46. The summed E-state index contributed by atoms with van der Waals surface area (Å²) in [6, 6.07) is 1.70. The van der Waals surface area contributed by atoms with Crippen molar-refractivity contribution in [2.75, 3.05) is 0 Å². The molecule has 1 heterocycles. The largest absolute Gasteiger partial charge is 0.287 e. The van der Waals surface area contributed by atoms with Crippen molar-refractivity contribution in [3.8, 4) is 0 Å². The molecule has 0 atom stereocenters. The molecule has 0 unspecified atom stereocenters. The standard InChI is InChI=1S/C5H6N4/c6-5(7)4-1-2-8-9-3-4/h1-3H,(H3,6,7)/p+1. The molecule has 0 spiro atoms. The topological polar surface area (TPSA) is 77.4 Å². The van der Waals surface area contributed by atoms with Crippen molar-refractivity contribution in [1.29, 1.82) is 0 Å². The summed E-state index contributed by atoms with van der Waals surface area (Å²) in [6.45, 7) is 0. The van der Waals surface area contributed by atoms with Crippen LogP contribution in [0.2, 0.25) is 0 Å². The first-order valence-corrected chi connectivity index (χ1v) is 2.45. The highest BCUT2D eigenvalue weighted by Gasteiger charge is 1.97. The summed E-state index contributed by atoms with van der Waals surface area (Å²) in [5, 5.41) is 12.4. The van der Waals surface area contributed by atoms with Gasteiger partial charge in [0.15, 0.2) is 0 Å². The van der Waals surface area contributed by atoms with Gasteiger partial charge in [0.1, 0.15) is 0 Å². The quantitative estimate of drug-likeness (QED) is 0.333. The number of rotatable bonds is 1. The molecule has 0 bridgehead atoms. The van der Waals surface area contributed by atoms with Crippen LogP contribution in [-0.2, 0) is 0 Å². The third-order valence-electron chi connectivity index (χ3n) is 0.918. The van der Waals surface area contributed by atoms with E-state index in [1.165, 1.54) is 12.4 Å². The monoisotopic (exact) mass is 123 g/mol. The molecule has 0 aromatic carbocycles. The second-order valence-electron chi connectivity index (χ2n) is 1.59. The molecule has 0 saturated carbocycles. The van der Waals surface area contributed by atoms with Crippen molar-refractivity contribution in [3.63, 3.8) is 0 Å². The number of nitrogens with zero attached hydrogens (tertiary/aromatic N) is 2. The van der Waals surface area contributed by atoms with Gasteiger partial charge in [0.05, 0.1) is 18.0 Å². The summed E-state index contributed by atoms with van der Waals surface area (Å²) in [7, 11) is 0. The fraction of sp³-hybridized carbons (Fsp3) is 0. The summed E-state index contributed by atoms with van der Waals surface area (Å²) < 4.78 is 0. The van der Waals surface area contributed by atoms with Crippen LogP contribution in [-0.4, -0.2) is 16.0 Å². The Morgan fingerprint density at radius 2 is 2.33 bits per heavy atom. The summed E-state index contributed by atoms with van der Waals surface area (Å²) >= 11 is 0. The normalized spacial score (nSPS) is 8.89. The second-order valence-corrected chi connectivity index (χ2v) is 1.59. The first-order chi connectivity index (χ1) is 4.30. The summed E-state index contributed by atoms with van der Waals surface area (Å²) in [6.07, 6.45) is 3.05. The van der Waals surface area contributed by atoms with E-state index in [1.54, 1.807) is 6.07 Å². The zero-order valence-corrected chi connectivity index (χ0v) is 4.78. The Morgan fingerprint density at radius 1 is 1.56 bits per heavy atom. The molecule has 0 saturated heterocycles. The Balaban J connectivity index is 2.98. The highest BCUT2D eigenvalue weighted by Crippen LogP contribution is 1.86. The lowest BCUT2D eigenvalue weighted by atomic mass is 10.3. The minimum Gasteiger partial charge on any atom is -0.287 e. The molecule has 0 aliphatic heterocycles. The van der Waals surface area contributed by atoms with Gasteiger partial charge in [0.25, 0.3) is 5.84 Å². The van der Waals surface area contributed by atoms with E-state index in [0.29, 0.717) is 5.56 Å². The Labute approximate surface area is 52.2 Å². The molecule has 1 aromatic rings. The predicted molar refractivity (Wildman–Crippen MR) is 32.3 cm³/mol. The summed E-state index contributed by atoms with van der Waals surface area (Å²) in [4.78, 5) is 0. The van der Waals surface area contributed by atoms with Crippen LogP contribution in [0.4, 0.5) is 0 Å². The van der Waals surface area contributed by atoms with Crippen LogP contribution in [0.25, 0.3) is 0 Å². The molecular formula is C5H7N4+. The first kappa shape index (κ1) is 5.68. The zero-order chi connectivity index (χ0) is 6.69. The lowest BCUT2D eigenvalue weighted by Gasteiger charge is -1.86. The van der Waals surface area contributed by atoms with E-state index in [2.05, 4.69) is 10.2 Å². The van der Waals surface area contributed by atoms with Gasteiger partial charge in [-0.1, -0.05) is 0 Å². The molecule has 0 radical (unpaired) electrons. The molecule has 9 heavy (non-hydrogen) atoms. The smallest absolute Gasteiger partial charge is 0.272 e. The number of hydrogen-bond donors (Lipinski definition) is 2. The third kappa shape index (κ3) is 1.22. The lowest BCUT2D eigenvalue weighted by molar-refractivity contribution is -0.114. The molecule has 4 heteroatoms. The van der Waals surface area contributed by atoms with Crippen LogP contribution in [0.15, 0.2) is 18.5 Å². The maximum atomic E-state index is 5.24. The van der Waals surface area contributed by atoms with Gasteiger partial charge in [-0.15, -0.1) is 0 Å². The molecule has 1 rings (SSSR count). The van der Waals surface area contributed by atoms with Crippen molar-refractivity contribution in [2.24, 2.45) is 5.73 Å². The highest BCUT2D eigenvalue weighted by atomic mass is 15.1. The molecule has 4 nitrogen and oxygen atoms in total. The van der Waals surface area contributed by atoms with Gasteiger partial charge in [-0.25, -0.2) is 0 Å². The fourth-order valence-electron chi connectivity index (χ4n) is 0.461. The Bertz CT molecular complexity index is 205. The van der Waals surface area contributed by atoms with Gasteiger partial charge in [-0.2, -0.15) is 10.2 Å². The van der Waals surface area contributed by atoms with Crippen molar-refractivity contribution < 1.29 is 5.41 Å². The van der Waals surface area contributed by atoms with E-state index in [1.807, 2.05) is 0 Å². The van der Waals surface area contributed by atoms with Gasteiger partial charge >= 0.3 is 0 Å². The number of aromatic nitrogens is 2. The summed E-state index contributed by atoms with van der Waals surface area (Å²) in [5.74, 6) is 0.268. The van der Waals surface area contributed by atoms with Gasteiger partial charge in [-0.3, -0.25) is 11.1 Å². The number of amidine groups is 1. The SMILES string of the molecule is NC(=[NH2+])c1ccnnc1. The molecule has 0 fully saturated rings. The van der Waals surface area contributed by atoms with Crippen LogP contribution in [0.5, 0.6) is 0 Å². The van der Waals surface area contributed by atoms with Crippen LogP contribution in [0, 0.1) is 0 Å². The number of hydrogen-bond acceptors (Lipinski definition) is 2. The molecule has 0 aliphatic rings. The van der Waals surface area contributed by atoms with Gasteiger partial charge < -0.3 is 0 Å². The van der Waals surface area contributed by atoms with E-state index in [-0.39, 0.29) is 5.84 Å². The fourth-order valence-corrected chi connectivity index (χ4v) is 0.461. The zero-order valence-electron chi connectivity index (χ0n) is 4.78. The van der Waals surface area contributed by atoms with Gasteiger partial charge in [0.2, 0.25) is 0 Å². The van der Waals surface area contributed by atoms with Crippen molar-refractivity contribution in [2.45, 2.75) is 0 Å². The average molecular weight is 123 g/mol. The van der Waals surface area contributed by atoms with Gasteiger partial charge in [0, 0.05) is 0 Å². The highest BCUT2D eigenvalue weighted by molar-refractivity contribution is 5.91. The van der Waals surface area contributed by atoms with E-state index >= 15 is 0 Å². The Kier molecular flexibility index (Phi) is 1.40. The number of nitrogens with two attached hydrogens (primary N) is 2. The third-order valence-corrected chi connectivity index (χ3v) is 0.918. The van der Waals surface area contributed by atoms with Crippen molar-refractivity contribution in [3.05, 3.63) is 24.0 Å². The summed E-state index contributed by atoms with van der Waals surface area (Å²) in [5.41, 5.74) is 5.95. The van der Waals surface area contributed by atoms with Crippen LogP contribution in [0.1, 0.15) is 5.56 Å². The molecule has 0 aliphatic carbocycles. The minimum atomic E-state index is 0.268. The van der Waals surface area contributed by atoms with Crippen LogP contribution < -0.4 is 11.1 Å². The molecule has 4 N–H and O–H groups in total. The molecule has 46 valence electrons.